The Labute approximate surface area is 113 Å². The summed E-state index contributed by atoms with van der Waals surface area (Å²) < 4.78 is 1.94. The van der Waals surface area contributed by atoms with E-state index in [2.05, 4.69) is 18.0 Å². The Bertz CT molecular complexity index is 608. The van der Waals surface area contributed by atoms with Gasteiger partial charge in [0.15, 0.2) is 0 Å². The van der Waals surface area contributed by atoms with Crippen LogP contribution in [0.3, 0.4) is 0 Å². The summed E-state index contributed by atoms with van der Waals surface area (Å²) in [6.45, 7) is 4.59. The van der Waals surface area contributed by atoms with Crippen LogP contribution in [0.5, 0.6) is 0 Å². The number of rotatable bonds is 4. The van der Waals surface area contributed by atoms with Crippen LogP contribution in [0.4, 0.5) is 0 Å². The van der Waals surface area contributed by atoms with E-state index in [1.54, 1.807) is 31.3 Å². The Morgan fingerprint density at radius 1 is 1.47 bits per heavy atom. The summed E-state index contributed by atoms with van der Waals surface area (Å²) in [5.74, 6) is 0.601. The number of benzene rings is 1. The Balaban J connectivity index is 2.46. The average molecular weight is 255 g/mol. The normalized spacial score (nSPS) is 13.8. The molecule has 0 aliphatic heterocycles. The monoisotopic (exact) mass is 255 g/mol. The van der Waals surface area contributed by atoms with E-state index in [1.807, 2.05) is 16.8 Å². The van der Waals surface area contributed by atoms with Gasteiger partial charge in [-0.2, -0.15) is 5.26 Å². The lowest BCUT2D eigenvalue weighted by molar-refractivity contribution is 0.0878. The number of hydrogen-bond acceptors (Lipinski definition) is 3. The van der Waals surface area contributed by atoms with Gasteiger partial charge in [0.2, 0.25) is 0 Å². The predicted molar refractivity (Wildman–Crippen MR) is 72.3 cm³/mol. The zero-order chi connectivity index (χ0) is 13.9. The largest absolute Gasteiger partial charge is 0.377 e. The molecule has 0 bridgehead atoms. The third-order valence-electron chi connectivity index (χ3n) is 3.17. The minimum absolute atomic E-state index is 0.534. The van der Waals surface area contributed by atoms with Crippen molar-refractivity contribution in [1.29, 1.82) is 5.26 Å². The maximum Gasteiger partial charge on any atom is 0.145 e. The number of nitriles is 1. The summed E-state index contributed by atoms with van der Waals surface area (Å²) in [5, 5.41) is 19.7. The van der Waals surface area contributed by atoms with Crippen molar-refractivity contribution in [3.63, 3.8) is 0 Å². The molecule has 1 N–H and O–H groups in total. The van der Waals surface area contributed by atoms with Gasteiger partial charge in [0, 0.05) is 18.9 Å². The molecule has 0 aliphatic rings. The van der Waals surface area contributed by atoms with Crippen LogP contribution < -0.4 is 0 Å². The first-order valence-corrected chi connectivity index (χ1v) is 6.34. The number of imidazole rings is 1. The van der Waals surface area contributed by atoms with Crippen molar-refractivity contribution in [2.45, 2.75) is 32.4 Å². The Morgan fingerprint density at radius 2 is 2.26 bits per heavy atom. The molecular weight excluding hydrogens is 238 g/mol. The van der Waals surface area contributed by atoms with Crippen molar-refractivity contribution in [1.82, 2.24) is 9.55 Å². The second-order valence-electron chi connectivity index (χ2n) is 4.71. The summed E-state index contributed by atoms with van der Waals surface area (Å²) in [6.07, 6.45) is 4.52. The first-order chi connectivity index (χ1) is 9.09. The van der Waals surface area contributed by atoms with Crippen molar-refractivity contribution >= 4 is 0 Å². The fourth-order valence-corrected chi connectivity index (χ4v) is 2.18. The molecule has 1 heterocycles. The minimum Gasteiger partial charge on any atom is -0.377 e. The molecule has 2 aromatic rings. The number of nitrogens with zero attached hydrogens (tertiary/aromatic N) is 3. The zero-order valence-corrected chi connectivity index (χ0v) is 11.2. The minimum atomic E-state index is -1.20. The highest BCUT2D eigenvalue weighted by molar-refractivity contribution is 5.38. The molecule has 2 rings (SSSR count). The van der Waals surface area contributed by atoms with E-state index in [4.69, 9.17) is 5.26 Å². The van der Waals surface area contributed by atoms with Crippen LogP contribution >= 0.6 is 0 Å². The lowest BCUT2D eigenvalue weighted by Gasteiger charge is -2.24. The number of aliphatic hydroxyl groups is 1. The lowest BCUT2D eigenvalue weighted by atomic mass is 9.93. The molecule has 0 spiro atoms. The molecule has 0 saturated carbocycles. The summed E-state index contributed by atoms with van der Waals surface area (Å²) >= 11 is 0. The molecule has 19 heavy (non-hydrogen) atoms. The number of aryl methyl sites for hydroxylation is 1. The van der Waals surface area contributed by atoms with Crippen molar-refractivity contribution in [2.75, 3.05) is 0 Å². The van der Waals surface area contributed by atoms with Gasteiger partial charge in [-0.25, -0.2) is 4.98 Å². The molecule has 4 nitrogen and oxygen atoms in total. The third kappa shape index (κ3) is 2.51. The van der Waals surface area contributed by atoms with E-state index in [9.17, 15) is 5.11 Å². The molecule has 0 saturated heterocycles. The molecule has 4 heteroatoms. The Hall–Kier alpha value is -2.12. The first kappa shape index (κ1) is 13.3. The topological polar surface area (TPSA) is 61.8 Å². The second-order valence-corrected chi connectivity index (χ2v) is 4.71. The van der Waals surface area contributed by atoms with E-state index >= 15 is 0 Å². The highest BCUT2D eigenvalue weighted by atomic mass is 16.3. The lowest BCUT2D eigenvalue weighted by Crippen LogP contribution is -2.27. The van der Waals surface area contributed by atoms with E-state index in [-0.39, 0.29) is 0 Å². The molecule has 1 atom stereocenters. The molecule has 0 aliphatic carbocycles. The van der Waals surface area contributed by atoms with E-state index < -0.39 is 5.60 Å². The van der Waals surface area contributed by atoms with Crippen LogP contribution in [-0.2, 0) is 12.1 Å². The maximum absolute atomic E-state index is 10.8. The first-order valence-electron chi connectivity index (χ1n) is 6.34. The van der Waals surface area contributed by atoms with Crippen LogP contribution in [0.1, 0.15) is 37.2 Å². The molecular formula is C15H17N3O. The summed E-state index contributed by atoms with van der Waals surface area (Å²) in [4.78, 5) is 4.27. The third-order valence-corrected chi connectivity index (χ3v) is 3.17. The molecule has 1 unspecified atom stereocenters. The maximum atomic E-state index is 10.8. The molecule has 98 valence electrons. The van der Waals surface area contributed by atoms with Gasteiger partial charge in [0.1, 0.15) is 11.4 Å². The zero-order valence-electron chi connectivity index (χ0n) is 11.2. The molecule has 1 aromatic heterocycles. The average Bonchev–Trinajstić information content (AvgIpc) is 2.88. The van der Waals surface area contributed by atoms with Gasteiger partial charge < -0.3 is 9.67 Å². The van der Waals surface area contributed by atoms with Crippen LogP contribution in [0, 0.1) is 11.3 Å². The van der Waals surface area contributed by atoms with E-state index in [1.165, 1.54) is 0 Å². The fraction of sp³-hybridized carbons (Fsp3) is 0.333. The van der Waals surface area contributed by atoms with Crippen molar-refractivity contribution in [3.05, 3.63) is 53.6 Å². The number of hydrogen-bond donors (Lipinski definition) is 1. The highest BCUT2D eigenvalue weighted by Gasteiger charge is 2.30. The molecule has 1 aromatic carbocycles. The quantitative estimate of drug-likeness (QED) is 0.912. The van der Waals surface area contributed by atoms with Crippen molar-refractivity contribution in [3.8, 4) is 6.07 Å². The molecule has 0 radical (unpaired) electrons. The fourth-order valence-electron chi connectivity index (χ4n) is 2.18. The van der Waals surface area contributed by atoms with Crippen molar-refractivity contribution in [2.24, 2.45) is 0 Å². The summed E-state index contributed by atoms with van der Waals surface area (Å²) in [6, 6.07) is 9.09. The van der Waals surface area contributed by atoms with Crippen LogP contribution in [0.15, 0.2) is 36.7 Å². The van der Waals surface area contributed by atoms with Gasteiger partial charge >= 0.3 is 0 Å². The predicted octanol–water partition coefficient (Wildman–Crippen LogP) is 2.42. The van der Waals surface area contributed by atoms with Crippen LogP contribution in [0.25, 0.3) is 0 Å². The highest BCUT2D eigenvalue weighted by Crippen LogP contribution is 2.28. The van der Waals surface area contributed by atoms with Gasteiger partial charge in [-0.05, 0) is 31.0 Å². The van der Waals surface area contributed by atoms with Crippen molar-refractivity contribution < 1.29 is 5.11 Å². The molecule has 0 fully saturated rings. The second kappa shape index (κ2) is 5.25. The number of aromatic nitrogens is 2. The van der Waals surface area contributed by atoms with Gasteiger partial charge in [-0.1, -0.05) is 19.1 Å². The van der Waals surface area contributed by atoms with E-state index in [0.29, 0.717) is 17.0 Å². The Kier molecular flexibility index (Phi) is 3.68. The van der Waals surface area contributed by atoms with Gasteiger partial charge in [-0.15, -0.1) is 0 Å². The smallest absolute Gasteiger partial charge is 0.145 e. The van der Waals surface area contributed by atoms with Gasteiger partial charge in [0.25, 0.3) is 0 Å². The summed E-state index contributed by atoms with van der Waals surface area (Å²) in [5.41, 5.74) is 0.00685. The van der Waals surface area contributed by atoms with Crippen LogP contribution in [0.2, 0.25) is 0 Å². The summed E-state index contributed by atoms with van der Waals surface area (Å²) in [7, 11) is 0. The standard InChI is InChI=1S/C15H17N3O/c1-3-8-18-9-7-17-14(18)15(2,19)13-6-4-5-12(10-13)11-16/h4-7,9-10,19H,3,8H2,1-2H3. The van der Waals surface area contributed by atoms with E-state index in [0.717, 1.165) is 13.0 Å². The molecule has 0 amide bonds. The SMILES string of the molecule is CCCn1ccnc1C(C)(O)c1cccc(C#N)c1. The Morgan fingerprint density at radius 3 is 2.95 bits per heavy atom. The van der Waals surface area contributed by atoms with Crippen LogP contribution in [-0.4, -0.2) is 14.7 Å². The van der Waals surface area contributed by atoms with Gasteiger partial charge in [0.05, 0.1) is 11.6 Å². The van der Waals surface area contributed by atoms with Gasteiger partial charge in [-0.3, -0.25) is 0 Å².